The molecule has 3 nitrogen and oxygen atoms in total. The summed E-state index contributed by atoms with van der Waals surface area (Å²) in [4.78, 5) is 0. The van der Waals surface area contributed by atoms with E-state index in [2.05, 4.69) is 6.92 Å². The van der Waals surface area contributed by atoms with Crippen molar-refractivity contribution in [3.8, 4) is 0 Å². The molecule has 0 saturated heterocycles. The molecule has 0 aliphatic heterocycles. The average molecular weight is 390 g/mol. The first-order chi connectivity index (χ1) is 12.6. The highest BCUT2D eigenvalue weighted by atomic mass is 19.4. The summed E-state index contributed by atoms with van der Waals surface area (Å²) in [6.07, 6.45) is 4.80. The van der Waals surface area contributed by atoms with E-state index in [-0.39, 0.29) is 0 Å². The number of hydrogen-bond acceptors (Lipinski definition) is 3. The molecule has 0 radical (unpaired) electrons. The first-order valence-corrected chi connectivity index (χ1v) is 9.97. The number of unbranched alkanes of at least 4 members (excludes halogenated alkanes) is 6. The van der Waals surface area contributed by atoms with Gasteiger partial charge >= 0.3 is 6.18 Å². The molecular formula is C21H33F3O3. The molecule has 0 aliphatic carbocycles. The predicted molar refractivity (Wildman–Crippen MR) is 99.9 cm³/mol. The van der Waals surface area contributed by atoms with Crippen molar-refractivity contribution >= 4 is 0 Å². The van der Waals surface area contributed by atoms with Gasteiger partial charge in [-0.3, -0.25) is 0 Å². The van der Waals surface area contributed by atoms with E-state index in [1.807, 2.05) is 0 Å². The van der Waals surface area contributed by atoms with E-state index in [4.69, 9.17) is 0 Å². The molecule has 27 heavy (non-hydrogen) atoms. The number of halogens is 3. The minimum Gasteiger partial charge on any atom is -0.343 e. The predicted octanol–water partition coefficient (Wildman–Crippen LogP) is 5.42. The Kier molecular flexibility index (Phi) is 10.3. The van der Waals surface area contributed by atoms with Crippen LogP contribution in [-0.4, -0.2) is 21.3 Å². The Morgan fingerprint density at radius 3 is 2.04 bits per heavy atom. The zero-order valence-electron chi connectivity index (χ0n) is 16.1. The quantitative estimate of drug-likeness (QED) is 0.311. The SMILES string of the molecule is CCCCCCCCC(CCCCc1cccc(C(F)(F)F)c1)C(O)(O)O. The third-order valence-electron chi connectivity index (χ3n) is 4.98. The molecule has 0 spiro atoms. The van der Waals surface area contributed by atoms with Crippen LogP contribution in [0, 0.1) is 5.92 Å². The molecule has 1 aromatic carbocycles. The number of benzene rings is 1. The van der Waals surface area contributed by atoms with Crippen molar-refractivity contribution in [1.82, 2.24) is 0 Å². The Balaban J connectivity index is 2.37. The summed E-state index contributed by atoms with van der Waals surface area (Å²) < 4.78 is 38.2. The Bertz CT molecular complexity index is 524. The maximum absolute atomic E-state index is 12.7. The molecule has 0 saturated carbocycles. The van der Waals surface area contributed by atoms with Crippen LogP contribution >= 0.6 is 0 Å². The number of hydrogen-bond donors (Lipinski definition) is 3. The molecule has 0 fully saturated rings. The lowest BCUT2D eigenvalue weighted by Crippen LogP contribution is -2.37. The van der Waals surface area contributed by atoms with Gasteiger partial charge in [0.15, 0.2) is 0 Å². The van der Waals surface area contributed by atoms with E-state index in [9.17, 15) is 28.5 Å². The van der Waals surface area contributed by atoms with E-state index < -0.39 is 23.6 Å². The average Bonchev–Trinajstić information content (AvgIpc) is 2.58. The van der Waals surface area contributed by atoms with Crippen LogP contribution in [0.2, 0.25) is 0 Å². The van der Waals surface area contributed by atoms with Gasteiger partial charge in [-0.2, -0.15) is 13.2 Å². The van der Waals surface area contributed by atoms with E-state index in [0.717, 1.165) is 31.4 Å². The number of rotatable bonds is 13. The van der Waals surface area contributed by atoms with E-state index in [1.165, 1.54) is 25.3 Å². The lowest BCUT2D eigenvalue weighted by atomic mass is 9.92. The first kappa shape index (κ1) is 23.9. The van der Waals surface area contributed by atoms with E-state index >= 15 is 0 Å². The van der Waals surface area contributed by atoms with Gasteiger partial charge in [0.25, 0.3) is 5.97 Å². The van der Waals surface area contributed by atoms with Crippen LogP contribution in [0.3, 0.4) is 0 Å². The Morgan fingerprint density at radius 1 is 0.852 bits per heavy atom. The zero-order chi connectivity index (χ0) is 20.3. The van der Waals surface area contributed by atoms with Crippen LogP contribution in [0.1, 0.15) is 82.3 Å². The van der Waals surface area contributed by atoms with Crippen molar-refractivity contribution in [2.24, 2.45) is 5.92 Å². The lowest BCUT2D eigenvalue weighted by molar-refractivity contribution is -0.344. The molecule has 0 aromatic heterocycles. The second-order valence-electron chi connectivity index (χ2n) is 7.38. The molecule has 0 amide bonds. The minimum atomic E-state index is -4.34. The highest BCUT2D eigenvalue weighted by Gasteiger charge is 2.31. The second kappa shape index (κ2) is 11.7. The fraction of sp³-hybridized carbons (Fsp3) is 0.714. The summed E-state index contributed by atoms with van der Waals surface area (Å²) >= 11 is 0. The standard InChI is InChI=1S/C21H33F3O3/c1-2-3-4-5-6-7-13-18(21(25,26)27)14-9-8-11-17-12-10-15-19(16-17)20(22,23)24/h10,12,15-16,18,25-27H,2-9,11,13-14H2,1H3. The van der Waals surface area contributed by atoms with Crippen LogP contribution in [0.25, 0.3) is 0 Å². The molecule has 3 N–H and O–H groups in total. The molecule has 1 atom stereocenters. The topological polar surface area (TPSA) is 60.7 Å². The van der Waals surface area contributed by atoms with Gasteiger partial charge in [-0.15, -0.1) is 0 Å². The van der Waals surface area contributed by atoms with Crippen LogP contribution in [0.4, 0.5) is 13.2 Å². The largest absolute Gasteiger partial charge is 0.416 e. The van der Waals surface area contributed by atoms with Gasteiger partial charge in [0.1, 0.15) is 0 Å². The van der Waals surface area contributed by atoms with Crippen molar-refractivity contribution in [2.45, 2.75) is 89.7 Å². The van der Waals surface area contributed by atoms with Crippen LogP contribution in [0.15, 0.2) is 24.3 Å². The van der Waals surface area contributed by atoms with Crippen LogP contribution < -0.4 is 0 Å². The highest BCUT2D eigenvalue weighted by Crippen LogP contribution is 2.30. The molecule has 1 aromatic rings. The molecular weight excluding hydrogens is 357 g/mol. The van der Waals surface area contributed by atoms with Gasteiger partial charge < -0.3 is 15.3 Å². The summed E-state index contributed by atoms with van der Waals surface area (Å²) in [5.74, 6) is -3.33. The Morgan fingerprint density at radius 2 is 1.44 bits per heavy atom. The highest BCUT2D eigenvalue weighted by molar-refractivity contribution is 5.25. The lowest BCUT2D eigenvalue weighted by Gasteiger charge is -2.26. The van der Waals surface area contributed by atoms with Crippen molar-refractivity contribution in [3.05, 3.63) is 35.4 Å². The summed E-state index contributed by atoms with van der Waals surface area (Å²) in [7, 11) is 0. The first-order valence-electron chi connectivity index (χ1n) is 9.97. The fourth-order valence-corrected chi connectivity index (χ4v) is 3.33. The molecule has 156 valence electrons. The summed E-state index contributed by atoms with van der Waals surface area (Å²) in [6, 6.07) is 5.27. The molecule has 0 aliphatic rings. The number of aryl methyl sites for hydroxylation is 1. The van der Waals surface area contributed by atoms with Crippen molar-refractivity contribution in [1.29, 1.82) is 0 Å². The molecule has 0 heterocycles. The van der Waals surface area contributed by atoms with Gasteiger partial charge in [0, 0.05) is 5.92 Å². The fourth-order valence-electron chi connectivity index (χ4n) is 3.33. The molecule has 6 heteroatoms. The van der Waals surface area contributed by atoms with Gasteiger partial charge in [0.05, 0.1) is 5.56 Å². The van der Waals surface area contributed by atoms with Crippen molar-refractivity contribution < 1.29 is 28.5 Å². The molecule has 1 rings (SSSR count). The van der Waals surface area contributed by atoms with E-state index in [1.54, 1.807) is 6.07 Å². The third-order valence-corrected chi connectivity index (χ3v) is 4.98. The molecule has 0 bridgehead atoms. The van der Waals surface area contributed by atoms with Gasteiger partial charge in [0.2, 0.25) is 0 Å². The van der Waals surface area contributed by atoms with Crippen molar-refractivity contribution in [2.75, 3.05) is 0 Å². The number of aliphatic hydroxyl groups is 3. The number of alkyl halides is 3. The Hall–Kier alpha value is -1.11. The molecule has 1 unspecified atom stereocenters. The summed E-state index contributed by atoms with van der Waals surface area (Å²) in [6.45, 7) is 2.15. The monoisotopic (exact) mass is 390 g/mol. The van der Waals surface area contributed by atoms with E-state index in [0.29, 0.717) is 37.7 Å². The van der Waals surface area contributed by atoms with Crippen LogP contribution in [0.5, 0.6) is 0 Å². The zero-order valence-corrected chi connectivity index (χ0v) is 16.1. The minimum absolute atomic E-state index is 0.428. The summed E-state index contributed by atoms with van der Waals surface area (Å²) in [5.41, 5.74) is -0.0402. The van der Waals surface area contributed by atoms with Gasteiger partial charge in [-0.05, 0) is 37.3 Å². The smallest absolute Gasteiger partial charge is 0.343 e. The Labute approximate surface area is 160 Å². The maximum atomic E-state index is 12.7. The summed E-state index contributed by atoms with van der Waals surface area (Å²) in [5, 5.41) is 28.6. The second-order valence-corrected chi connectivity index (χ2v) is 7.38. The van der Waals surface area contributed by atoms with Crippen molar-refractivity contribution in [3.63, 3.8) is 0 Å². The van der Waals surface area contributed by atoms with Gasteiger partial charge in [-0.25, -0.2) is 0 Å². The van der Waals surface area contributed by atoms with Crippen LogP contribution in [-0.2, 0) is 12.6 Å². The third kappa shape index (κ3) is 10.1. The van der Waals surface area contributed by atoms with Gasteiger partial charge in [-0.1, -0.05) is 70.1 Å². The maximum Gasteiger partial charge on any atom is 0.416 e. The normalized spacial score (nSPS) is 13.7.